The van der Waals surface area contributed by atoms with E-state index in [4.69, 9.17) is 0 Å². The molecule has 1 N–H and O–H groups in total. The molecule has 184 valence electrons. The van der Waals surface area contributed by atoms with Gasteiger partial charge in [-0.2, -0.15) is 0 Å². The lowest BCUT2D eigenvalue weighted by atomic mass is 10.2. The van der Waals surface area contributed by atoms with Crippen molar-refractivity contribution < 1.29 is 17.2 Å². The minimum Gasteiger partial charge on any atom is -0.366 e. The van der Waals surface area contributed by atoms with Gasteiger partial charge in [0.15, 0.2) is 21.5 Å². The number of sulfonamides is 1. The minimum atomic E-state index is -3.83. The Hall–Kier alpha value is -2.29. The highest BCUT2D eigenvalue weighted by Gasteiger charge is 2.41. The van der Waals surface area contributed by atoms with Crippen LogP contribution in [0.15, 0.2) is 17.2 Å². The van der Waals surface area contributed by atoms with Gasteiger partial charge in [-0.25, -0.2) is 21.9 Å². The van der Waals surface area contributed by atoms with Gasteiger partial charge >= 0.3 is 0 Å². The van der Waals surface area contributed by atoms with Crippen LogP contribution >= 0.6 is 11.3 Å². The summed E-state index contributed by atoms with van der Waals surface area (Å²) in [4.78, 5) is 4.51. The molecular weight excluding hydrogens is 486 g/mol. The Morgan fingerprint density at radius 1 is 1.09 bits per heavy atom. The molecule has 34 heavy (non-hydrogen) atoms. The molecule has 0 amide bonds. The Bertz CT molecular complexity index is 1310. The van der Waals surface area contributed by atoms with Crippen LogP contribution in [0.4, 0.5) is 14.5 Å². The summed E-state index contributed by atoms with van der Waals surface area (Å²) < 4.78 is 57.0. The largest absolute Gasteiger partial charge is 0.366 e. The van der Waals surface area contributed by atoms with E-state index in [1.807, 2.05) is 6.92 Å². The average molecular weight is 513 g/mol. The number of alkyl halides is 2. The van der Waals surface area contributed by atoms with Gasteiger partial charge in [-0.1, -0.05) is 11.3 Å². The fraction of sp³-hybridized carbons (Fsp3) is 0.600. The number of piperazine rings is 1. The van der Waals surface area contributed by atoms with Gasteiger partial charge in [0, 0.05) is 44.0 Å². The Kier molecular flexibility index (Phi) is 5.81. The van der Waals surface area contributed by atoms with E-state index in [2.05, 4.69) is 48.8 Å². The van der Waals surface area contributed by atoms with Crippen molar-refractivity contribution in [2.75, 3.05) is 31.1 Å². The second-order valence-electron chi connectivity index (χ2n) is 9.31. The van der Waals surface area contributed by atoms with Crippen LogP contribution in [0.3, 0.4) is 0 Å². The van der Waals surface area contributed by atoms with E-state index in [1.54, 1.807) is 6.07 Å². The number of nitrogens with zero attached hydrogens (tertiary/aromatic N) is 7. The van der Waals surface area contributed by atoms with Crippen molar-refractivity contribution in [1.82, 2.24) is 34.4 Å². The molecule has 5 rings (SSSR count). The summed E-state index contributed by atoms with van der Waals surface area (Å²) in [5, 5.41) is 15.6. The van der Waals surface area contributed by atoms with Gasteiger partial charge in [0.1, 0.15) is 4.90 Å². The zero-order valence-corrected chi connectivity index (χ0v) is 20.7. The molecule has 1 saturated heterocycles. The van der Waals surface area contributed by atoms with Crippen LogP contribution in [-0.2, 0) is 10.0 Å². The van der Waals surface area contributed by atoms with Crippen molar-refractivity contribution in [1.29, 1.82) is 0 Å². The van der Waals surface area contributed by atoms with Crippen LogP contribution in [0.2, 0.25) is 0 Å². The molecule has 2 fully saturated rings. The number of fused-ring (bicyclic) bond motifs is 1. The van der Waals surface area contributed by atoms with E-state index in [9.17, 15) is 17.2 Å². The standard InChI is InChI=1S/C20H26F2N8O2S2/c1-12(2)28-6-8-29(9-7-28)14-10-13(34(31,32)27-20(3)4-5-20)11-30-16(14)23-24-17(30)19-26-25-18(33-19)15(21)22/h10-12,15,27H,4-9H2,1-3H3. The summed E-state index contributed by atoms with van der Waals surface area (Å²) in [6.07, 6.45) is 0.225. The lowest BCUT2D eigenvalue weighted by Crippen LogP contribution is -2.49. The normalized spacial score (nSPS) is 19.0. The summed E-state index contributed by atoms with van der Waals surface area (Å²) in [6.45, 7) is 9.19. The van der Waals surface area contributed by atoms with Crippen molar-refractivity contribution in [3.63, 3.8) is 0 Å². The van der Waals surface area contributed by atoms with Crippen molar-refractivity contribution >= 4 is 32.7 Å². The highest BCUT2D eigenvalue weighted by molar-refractivity contribution is 7.89. The maximum atomic E-state index is 13.3. The lowest BCUT2D eigenvalue weighted by Gasteiger charge is -2.38. The first-order valence-electron chi connectivity index (χ1n) is 11.1. The molecule has 10 nitrogen and oxygen atoms in total. The topological polar surface area (TPSA) is 109 Å². The number of pyridine rings is 1. The minimum absolute atomic E-state index is 0.0639. The lowest BCUT2D eigenvalue weighted by molar-refractivity contribution is 0.150. The summed E-state index contributed by atoms with van der Waals surface area (Å²) in [5.74, 6) is 0.177. The molecule has 3 aromatic rings. The van der Waals surface area contributed by atoms with Crippen molar-refractivity contribution in [2.24, 2.45) is 0 Å². The highest BCUT2D eigenvalue weighted by atomic mass is 32.2. The SMILES string of the molecule is CC(C)N1CCN(c2cc(S(=O)(=O)NC3(C)CC3)cn3c(-c4nnc(C(F)F)s4)nnc23)CC1. The van der Waals surface area contributed by atoms with E-state index in [0.717, 1.165) is 25.9 Å². The smallest absolute Gasteiger partial charge is 0.291 e. The van der Waals surface area contributed by atoms with E-state index >= 15 is 0 Å². The number of hydrogen-bond acceptors (Lipinski definition) is 9. The van der Waals surface area contributed by atoms with Gasteiger partial charge in [-0.15, -0.1) is 20.4 Å². The Morgan fingerprint density at radius 2 is 1.79 bits per heavy atom. The molecule has 14 heteroatoms. The molecule has 1 saturated carbocycles. The summed E-state index contributed by atoms with van der Waals surface area (Å²) in [6, 6.07) is 2.04. The summed E-state index contributed by atoms with van der Waals surface area (Å²) in [7, 11) is -3.83. The first kappa shape index (κ1) is 23.5. The zero-order valence-electron chi connectivity index (χ0n) is 19.1. The molecule has 4 heterocycles. The maximum Gasteiger partial charge on any atom is 0.291 e. The summed E-state index contributed by atoms with van der Waals surface area (Å²) >= 11 is 0.711. The third kappa shape index (κ3) is 4.39. The van der Waals surface area contributed by atoms with Gasteiger partial charge in [-0.3, -0.25) is 9.30 Å². The number of nitrogens with one attached hydrogen (secondary N) is 1. The van der Waals surface area contributed by atoms with Gasteiger partial charge in [0.25, 0.3) is 6.43 Å². The van der Waals surface area contributed by atoms with E-state index < -0.39 is 27.0 Å². The third-order valence-electron chi connectivity index (χ3n) is 6.36. The quantitative estimate of drug-likeness (QED) is 0.515. The number of halogens is 2. The van der Waals surface area contributed by atoms with Crippen LogP contribution in [-0.4, -0.2) is 75.9 Å². The van der Waals surface area contributed by atoms with Crippen LogP contribution in [0.5, 0.6) is 0 Å². The van der Waals surface area contributed by atoms with Crippen LogP contribution in [0.25, 0.3) is 16.5 Å². The van der Waals surface area contributed by atoms with Gasteiger partial charge in [0.05, 0.1) is 5.69 Å². The Balaban J connectivity index is 1.60. The van der Waals surface area contributed by atoms with Crippen molar-refractivity contribution in [3.8, 4) is 10.8 Å². The molecular formula is C20H26F2N8O2S2. The molecule has 0 atom stereocenters. The molecule has 0 radical (unpaired) electrons. The fourth-order valence-corrected chi connectivity index (χ4v) is 6.21. The average Bonchev–Trinajstić information content (AvgIpc) is 3.18. The summed E-state index contributed by atoms with van der Waals surface area (Å²) in [5.41, 5.74) is 0.626. The predicted molar refractivity (Wildman–Crippen MR) is 124 cm³/mol. The monoisotopic (exact) mass is 512 g/mol. The second kappa shape index (κ2) is 8.43. The van der Waals surface area contributed by atoms with Crippen molar-refractivity contribution in [3.05, 3.63) is 17.3 Å². The highest BCUT2D eigenvalue weighted by Crippen LogP contribution is 2.37. The molecule has 0 aromatic carbocycles. The van der Waals surface area contributed by atoms with Crippen LogP contribution < -0.4 is 9.62 Å². The van der Waals surface area contributed by atoms with E-state index in [0.29, 0.717) is 41.8 Å². The van der Waals surface area contributed by atoms with Crippen LogP contribution in [0, 0.1) is 0 Å². The first-order chi connectivity index (χ1) is 16.1. The maximum absolute atomic E-state index is 13.3. The molecule has 1 aliphatic heterocycles. The zero-order chi connectivity index (χ0) is 24.3. The van der Waals surface area contributed by atoms with Crippen molar-refractivity contribution in [2.45, 2.75) is 56.5 Å². The predicted octanol–water partition coefficient (Wildman–Crippen LogP) is 2.55. The number of hydrogen-bond donors (Lipinski definition) is 1. The molecule has 0 bridgehead atoms. The molecule has 3 aromatic heterocycles. The Labute approximate surface area is 200 Å². The first-order valence-corrected chi connectivity index (χ1v) is 13.4. The Morgan fingerprint density at radius 3 is 2.38 bits per heavy atom. The van der Waals surface area contributed by atoms with Gasteiger partial charge in [0.2, 0.25) is 10.0 Å². The van der Waals surface area contributed by atoms with E-state index in [-0.39, 0.29) is 15.7 Å². The van der Waals surface area contributed by atoms with Gasteiger partial charge < -0.3 is 4.90 Å². The number of aromatic nitrogens is 5. The second-order valence-corrected chi connectivity index (χ2v) is 12.0. The third-order valence-corrected chi connectivity index (χ3v) is 8.89. The number of rotatable bonds is 7. The fourth-order valence-electron chi connectivity index (χ4n) is 4.04. The molecule has 0 unspecified atom stereocenters. The molecule has 0 spiro atoms. The van der Waals surface area contributed by atoms with E-state index in [1.165, 1.54) is 10.6 Å². The molecule has 1 aliphatic carbocycles. The molecule has 2 aliphatic rings. The number of anilines is 1. The van der Waals surface area contributed by atoms with Gasteiger partial charge in [-0.05, 0) is 39.7 Å². The van der Waals surface area contributed by atoms with Crippen LogP contribution in [0.1, 0.15) is 45.0 Å².